The molecule has 4 bridgehead atoms. The van der Waals surface area contributed by atoms with Gasteiger partial charge in [0.05, 0.1) is 6.07 Å². The number of nitrogens with one attached hydrogen (secondary N) is 4. The maximum atomic E-state index is 14.8. The highest BCUT2D eigenvalue weighted by Crippen LogP contribution is 2.40. The number of nitrogens with two attached hydrogens (primary N) is 3. The lowest BCUT2D eigenvalue weighted by Gasteiger charge is -2.32. The fourth-order valence-corrected chi connectivity index (χ4v) is 7.67. The molecular formula is C50H63N9O7. The first-order valence-electron chi connectivity index (χ1n) is 22.3. The quantitative estimate of drug-likeness (QED) is 0.0595. The number of fused-ring (bicyclic) bond motifs is 5. The molecule has 10 N–H and O–H groups in total. The van der Waals surface area contributed by atoms with Gasteiger partial charge in [0, 0.05) is 43.2 Å². The van der Waals surface area contributed by atoms with Crippen LogP contribution in [-0.4, -0.2) is 99.0 Å². The molecule has 66 heavy (non-hydrogen) atoms. The minimum absolute atomic E-state index is 0.00549. The van der Waals surface area contributed by atoms with Crippen molar-refractivity contribution in [2.45, 2.75) is 83.0 Å². The molecule has 0 spiro atoms. The fraction of sp³-hybridized carbons (Fsp3) is 0.400. The summed E-state index contributed by atoms with van der Waals surface area (Å²) in [6, 6.07) is 22.8. The van der Waals surface area contributed by atoms with E-state index in [1.807, 2.05) is 18.2 Å². The standard InChI is InChI=1S/C50H63N9O7/c1-31-45(60)58-41(47(62)55-25-22-52)29-32-9-19-42(65-26-23-53)38(28-32)39-30-36(16-20-43(39)66-27-24-54)44(48(63)56-31)59(5)49(64)40(8-6-7-21-51)57-46(61)35-12-10-33(11-13-35)34-14-17-37(18-15-34)50(2,3)4/h9-20,28,30-31,40-41,44H,6-8,21,23-27,29,51,53-54H2,1-5H3,(H,55,62)(H,56,63)(H,57,61)(H,58,60)/t31-,40-,41-,44-/m0/s1. The molecule has 0 unspecified atom stereocenters. The van der Waals surface area contributed by atoms with Crippen molar-refractivity contribution in [1.82, 2.24) is 26.2 Å². The van der Waals surface area contributed by atoms with Gasteiger partial charge in [0.1, 0.15) is 55.4 Å². The molecular weight excluding hydrogens is 839 g/mol. The van der Waals surface area contributed by atoms with Gasteiger partial charge in [-0.25, -0.2) is 0 Å². The van der Waals surface area contributed by atoms with Gasteiger partial charge >= 0.3 is 0 Å². The van der Waals surface area contributed by atoms with Crippen molar-refractivity contribution in [1.29, 1.82) is 5.26 Å². The van der Waals surface area contributed by atoms with Crippen LogP contribution in [0.15, 0.2) is 84.9 Å². The Morgan fingerprint density at radius 2 is 1.42 bits per heavy atom. The van der Waals surface area contributed by atoms with Crippen LogP contribution in [0.5, 0.6) is 11.5 Å². The number of carbonyl (C=O) groups excluding carboxylic acids is 5. The molecule has 0 aliphatic carbocycles. The molecule has 4 aromatic carbocycles. The second-order valence-corrected chi connectivity index (χ2v) is 17.3. The van der Waals surface area contributed by atoms with E-state index in [2.05, 4.69) is 66.3 Å². The Balaban J connectivity index is 1.56. The predicted molar refractivity (Wildman–Crippen MR) is 253 cm³/mol. The van der Waals surface area contributed by atoms with Gasteiger partial charge in [-0.15, -0.1) is 0 Å². The Hall–Kier alpha value is -6.80. The summed E-state index contributed by atoms with van der Waals surface area (Å²) in [5, 5.41) is 20.1. The first-order valence-corrected chi connectivity index (χ1v) is 22.3. The first-order chi connectivity index (χ1) is 31.6. The van der Waals surface area contributed by atoms with Crippen molar-refractivity contribution in [2.75, 3.05) is 46.4 Å². The van der Waals surface area contributed by atoms with Crippen LogP contribution in [0.25, 0.3) is 22.3 Å². The van der Waals surface area contributed by atoms with Gasteiger partial charge in [-0.3, -0.25) is 24.0 Å². The Labute approximate surface area is 386 Å². The zero-order valence-electron chi connectivity index (χ0n) is 38.4. The summed E-state index contributed by atoms with van der Waals surface area (Å²) in [5.74, 6) is -2.25. The number of likely N-dealkylation sites (N-methyl/N-ethyl adjacent to an activating group) is 1. The van der Waals surface area contributed by atoms with Crippen LogP contribution in [0.3, 0.4) is 0 Å². The average Bonchev–Trinajstić information content (AvgIpc) is 3.31. The van der Waals surface area contributed by atoms with E-state index in [0.717, 1.165) is 11.1 Å². The van der Waals surface area contributed by atoms with Crippen LogP contribution < -0.4 is 47.9 Å². The van der Waals surface area contributed by atoms with Crippen molar-refractivity contribution < 1.29 is 33.4 Å². The summed E-state index contributed by atoms with van der Waals surface area (Å²) >= 11 is 0. The maximum absolute atomic E-state index is 14.8. The van der Waals surface area contributed by atoms with Crippen LogP contribution >= 0.6 is 0 Å². The van der Waals surface area contributed by atoms with Crippen LogP contribution in [-0.2, 0) is 31.0 Å². The lowest BCUT2D eigenvalue weighted by Crippen LogP contribution is -2.56. The summed E-state index contributed by atoms with van der Waals surface area (Å²) in [4.78, 5) is 71.7. The summed E-state index contributed by atoms with van der Waals surface area (Å²) in [6.45, 7) is 8.71. The van der Waals surface area contributed by atoms with E-state index < -0.39 is 53.7 Å². The molecule has 16 nitrogen and oxygen atoms in total. The molecule has 4 aromatic rings. The van der Waals surface area contributed by atoms with E-state index in [1.165, 1.54) is 24.4 Å². The van der Waals surface area contributed by atoms with Gasteiger partial charge in [0.15, 0.2) is 0 Å². The third-order valence-corrected chi connectivity index (χ3v) is 11.3. The topological polar surface area (TPSA) is 257 Å². The number of amides is 5. The number of nitrogens with zero attached hydrogens (tertiary/aromatic N) is 2. The van der Waals surface area contributed by atoms with Crippen molar-refractivity contribution in [3.05, 3.63) is 107 Å². The highest BCUT2D eigenvalue weighted by molar-refractivity contribution is 5.99. The molecule has 5 amide bonds. The molecule has 1 aliphatic heterocycles. The van der Waals surface area contributed by atoms with E-state index in [4.69, 9.17) is 26.7 Å². The van der Waals surface area contributed by atoms with Gasteiger partial charge in [0.2, 0.25) is 23.6 Å². The van der Waals surface area contributed by atoms with E-state index in [0.29, 0.717) is 58.7 Å². The fourth-order valence-electron chi connectivity index (χ4n) is 7.67. The van der Waals surface area contributed by atoms with Gasteiger partial charge in [0.25, 0.3) is 5.91 Å². The first kappa shape index (κ1) is 50.2. The average molecular weight is 902 g/mol. The molecule has 0 aromatic heterocycles. The number of unbranched alkanes of at least 4 members (excludes halogenated alkanes) is 1. The number of carbonyl (C=O) groups is 5. The molecule has 0 saturated heterocycles. The summed E-state index contributed by atoms with van der Waals surface area (Å²) in [6.07, 6.45) is 1.32. The Kier molecular flexibility index (Phi) is 17.8. The second kappa shape index (κ2) is 23.4. The van der Waals surface area contributed by atoms with Crippen molar-refractivity contribution in [2.24, 2.45) is 17.2 Å². The van der Waals surface area contributed by atoms with Crippen LogP contribution in [0.1, 0.15) is 80.0 Å². The smallest absolute Gasteiger partial charge is 0.251 e. The lowest BCUT2D eigenvalue weighted by atomic mass is 9.86. The molecule has 16 heteroatoms. The van der Waals surface area contributed by atoms with Crippen molar-refractivity contribution in [3.63, 3.8) is 0 Å². The summed E-state index contributed by atoms with van der Waals surface area (Å²) in [5.41, 5.74) is 23.0. The van der Waals surface area contributed by atoms with Gasteiger partial charge in [-0.2, -0.15) is 5.26 Å². The van der Waals surface area contributed by atoms with Crippen molar-refractivity contribution in [3.8, 4) is 39.8 Å². The number of benzene rings is 4. The van der Waals surface area contributed by atoms with E-state index >= 15 is 0 Å². The Bertz CT molecular complexity index is 2380. The van der Waals surface area contributed by atoms with Crippen LogP contribution in [0, 0.1) is 11.3 Å². The summed E-state index contributed by atoms with van der Waals surface area (Å²) in [7, 11) is 1.47. The minimum Gasteiger partial charge on any atom is -0.492 e. The number of hydrogen-bond acceptors (Lipinski definition) is 11. The second-order valence-electron chi connectivity index (χ2n) is 17.3. The predicted octanol–water partition coefficient (Wildman–Crippen LogP) is 3.61. The zero-order valence-corrected chi connectivity index (χ0v) is 38.4. The summed E-state index contributed by atoms with van der Waals surface area (Å²) < 4.78 is 12.2. The van der Waals surface area contributed by atoms with Crippen LogP contribution in [0.4, 0.5) is 0 Å². The molecule has 1 heterocycles. The molecule has 350 valence electrons. The zero-order chi connectivity index (χ0) is 48.0. The molecule has 0 saturated carbocycles. The van der Waals surface area contributed by atoms with E-state index in [1.54, 1.807) is 48.5 Å². The monoisotopic (exact) mass is 901 g/mol. The number of hydrogen-bond donors (Lipinski definition) is 7. The van der Waals surface area contributed by atoms with Gasteiger partial charge in [-0.1, -0.05) is 69.3 Å². The Morgan fingerprint density at radius 3 is 2.02 bits per heavy atom. The maximum Gasteiger partial charge on any atom is 0.251 e. The molecule has 0 fully saturated rings. The van der Waals surface area contributed by atoms with Crippen molar-refractivity contribution >= 4 is 29.5 Å². The number of ether oxygens (including phenoxy) is 2. The highest BCUT2D eigenvalue weighted by atomic mass is 16.5. The van der Waals surface area contributed by atoms with Gasteiger partial charge in [-0.05, 0) is 102 Å². The van der Waals surface area contributed by atoms with E-state index in [9.17, 15) is 29.2 Å². The SMILES string of the molecule is C[C@@H]1NC(=O)[C@@H](N(C)C(=O)[C@H](CCCCN)NC(=O)c2ccc(-c3ccc(C(C)(C)C)cc3)cc2)c2ccc(OCCN)c(c2)-c2cc(ccc2OCCN)C[C@@H](C(=O)NCC#N)NC1=O. The minimum atomic E-state index is -1.36. The normalized spacial score (nSPS) is 16.6. The highest BCUT2D eigenvalue weighted by Gasteiger charge is 2.36. The third kappa shape index (κ3) is 12.9. The van der Waals surface area contributed by atoms with E-state index in [-0.39, 0.29) is 51.1 Å². The largest absolute Gasteiger partial charge is 0.492 e. The van der Waals surface area contributed by atoms with Gasteiger partial charge < -0.3 is 52.8 Å². The number of nitriles is 1. The lowest BCUT2D eigenvalue weighted by molar-refractivity contribution is -0.141. The third-order valence-electron chi connectivity index (χ3n) is 11.3. The molecule has 4 atom stereocenters. The molecule has 0 radical (unpaired) electrons. The van der Waals surface area contributed by atoms with Crippen LogP contribution in [0.2, 0.25) is 0 Å². The Morgan fingerprint density at radius 1 is 0.818 bits per heavy atom. The molecule has 1 aliphatic rings. The molecule has 5 rings (SSSR count). The number of rotatable bonds is 17.